The average molecular weight is 346 g/mol. The molecule has 0 saturated carbocycles. The summed E-state index contributed by atoms with van der Waals surface area (Å²) in [6.07, 6.45) is 0.0897. The predicted molar refractivity (Wildman–Crippen MR) is 99.2 cm³/mol. The highest BCUT2D eigenvalue weighted by Crippen LogP contribution is 2.23. The molecule has 1 aromatic rings. The van der Waals surface area contributed by atoms with Gasteiger partial charge in [0.2, 0.25) is 11.8 Å². The van der Waals surface area contributed by atoms with Gasteiger partial charge in [0.25, 0.3) is 0 Å². The molecule has 2 amide bonds. The first-order chi connectivity index (χ1) is 11.3. The van der Waals surface area contributed by atoms with Crippen molar-refractivity contribution in [3.05, 3.63) is 30.3 Å². The summed E-state index contributed by atoms with van der Waals surface area (Å²) >= 11 is 1.23. The van der Waals surface area contributed by atoms with Crippen LogP contribution in [-0.2, 0) is 9.59 Å². The molecular formula is C17H22N4O2S. The number of thioether (sulfide) groups is 1. The number of carbonyl (C=O) groups excluding carboxylic acids is 2. The average Bonchev–Trinajstić information content (AvgIpc) is 2.84. The number of hydrogen-bond acceptors (Lipinski definition) is 5. The van der Waals surface area contributed by atoms with Crippen LogP contribution in [0.25, 0.3) is 0 Å². The fourth-order valence-electron chi connectivity index (χ4n) is 1.76. The molecule has 0 spiro atoms. The summed E-state index contributed by atoms with van der Waals surface area (Å²) in [5.41, 5.74) is 1.51. The van der Waals surface area contributed by atoms with Crippen LogP contribution in [0, 0.1) is 5.41 Å². The van der Waals surface area contributed by atoms with Gasteiger partial charge in [-0.2, -0.15) is 5.10 Å². The van der Waals surface area contributed by atoms with Gasteiger partial charge >= 0.3 is 0 Å². The minimum atomic E-state index is -0.488. The Labute approximate surface area is 146 Å². The zero-order chi connectivity index (χ0) is 17.7. The van der Waals surface area contributed by atoms with Gasteiger partial charge in [-0.1, -0.05) is 50.7 Å². The first-order valence-electron chi connectivity index (χ1n) is 7.71. The fraction of sp³-hybridized carbons (Fsp3) is 0.412. The molecule has 1 aliphatic heterocycles. The Bertz CT molecular complexity index is 678. The molecule has 0 radical (unpaired) electrons. The van der Waals surface area contributed by atoms with Crippen LogP contribution < -0.4 is 10.6 Å². The Kier molecular flexibility index (Phi) is 5.77. The van der Waals surface area contributed by atoms with E-state index in [4.69, 9.17) is 0 Å². The molecule has 0 bridgehead atoms. The van der Waals surface area contributed by atoms with Gasteiger partial charge in [-0.15, -0.1) is 5.10 Å². The molecule has 1 fully saturated rings. The topological polar surface area (TPSA) is 82.9 Å². The van der Waals surface area contributed by atoms with Crippen molar-refractivity contribution in [2.75, 3.05) is 5.32 Å². The van der Waals surface area contributed by atoms with Gasteiger partial charge in [0.05, 0.1) is 0 Å². The molecule has 1 aliphatic rings. The van der Waals surface area contributed by atoms with E-state index in [0.717, 1.165) is 5.71 Å². The molecular weight excluding hydrogens is 324 g/mol. The Morgan fingerprint density at radius 2 is 1.96 bits per heavy atom. The number of nitrogens with one attached hydrogen (secondary N) is 2. The Hall–Kier alpha value is -2.15. The van der Waals surface area contributed by atoms with Gasteiger partial charge in [0, 0.05) is 23.2 Å². The van der Waals surface area contributed by atoms with Crippen LogP contribution in [0.5, 0.6) is 0 Å². The van der Waals surface area contributed by atoms with E-state index in [2.05, 4.69) is 20.8 Å². The molecule has 1 aromatic carbocycles. The van der Waals surface area contributed by atoms with E-state index in [1.807, 2.05) is 45.9 Å². The molecule has 2 rings (SSSR count). The Morgan fingerprint density at radius 3 is 2.58 bits per heavy atom. The molecule has 24 heavy (non-hydrogen) atoms. The van der Waals surface area contributed by atoms with Crippen molar-refractivity contribution >= 4 is 40.1 Å². The minimum Gasteiger partial charge on any atom is -0.326 e. The number of carbonyl (C=O) groups is 2. The van der Waals surface area contributed by atoms with E-state index in [0.29, 0.717) is 10.9 Å². The third kappa shape index (κ3) is 5.19. The monoisotopic (exact) mass is 346 g/mol. The van der Waals surface area contributed by atoms with Crippen LogP contribution in [0.3, 0.4) is 0 Å². The second kappa shape index (κ2) is 7.61. The van der Waals surface area contributed by atoms with Gasteiger partial charge in [0.15, 0.2) is 5.17 Å². The highest BCUT2D eigenvalue weighted by atomic mass is 32.2. The normalized spacial score (nSPS) is 20.2. The second-order valence-electron chi connectivity index (χ2n) is 6.55. The molecule has 7 heteroatoms. The SMILES string of the molecule is CC(=N/N=C1\NC(=O)C(CC(=O)Nc2ccccc2)S1)C(C)(C)C. The third-order valence-corrected chi connectivity index (χ3v) is 4.65. The summed E-state index contributed by atoms with van der Waals surface area (Å²) in [4.78, 5) is 24.0. The van der Waals surface area contributed by atoms with Crippen molar-refractivity contribution in [1.29, 1.82) is 0 Å². The van der Waals surface area contributed by atoms with Crippen molar-refractivity contribution in [1.82, 2.24) is 5.32 Å². The van der Waals surface area contributed by atoms with Gasteiger partial charge in [-0.25, -0.2) is 0 Å². The molecule has 0 aromatic heterocycles. The zero-order valence-corrected chi connectivity index (χ0v) is 15.1. The highest BCUT2D eigenvalue weighted by Gasteiger charge is 2.32. The summed E-state index contributed by atoms with van der Waals surface area (Å²) in [5.74, 6) is -0.421. The first-order valence-corrected chi connectivity index (χ1v) is 8.59. The van der Waals surface area contributed by atoms with Crippen LogP contribution >= 0.6 is 11.8 Å². The lowest BCUT2D eigenvalue weighted by Crippen LogP contribution is -2.28. The maximum Gasteiger partial charge on any atom is 0.240 e. The lowest BCUT2D eigenvalue weighted by Gasteiger charge is -2.16. The van der Waals surface area contributed by atoms with E-state index in [1.165, 1.54) is 11.8 Å². The molecule has 0 aliphatic carbocycles. The second-order valence-corrected chi connectivity index (χ2v) is 7.75. The first kappa shape index (κ1) is 18.2. The number of rotatable bonds is 4. The molecule has 1 atom stereocenters. The Balaban J connectivity index is 1.94. The van der Waals surface area contributed by atoms with E-state index in [-0.39, 0.29) is 23.7 Å². The van der Waals surface area contributed by atoms with Gasteiger partial charge in [0.1, 0.15) is 5.25 Å². The largest absolute Gasteiger partial charge is 0.326 e. The standard InChI is InChI=1S/C17H22N4O2S/c1-11(17(2,3)4)20-21-16-19-15(23)13(24-16)10-14(22)18-12-8-6-5-7-9-12/h5-9,13H,10H2,1-4H3,(H,18,22)(H,19,21,23). The van der Waals surface area contributed by atoms with Crippen molar-refractivity contribution < 1.29 is 9.59 Å². The van der Waals surface area contributed by atoms with Crippen LogP contribution in [-0.4, -0.2) is 27.9 Å². The molecule has 128 valence electrons. The summed E-state index contributed by atoms with van der Waals surface area (Å²) in [7, 11) is 0. The predicted octanol–water partition coefficient (Wildman–Crippen LogP) is 3.02. The van der Waals surface area contributed by atoms with E-state index >= 15 is 0 Å². The summed E-state index contributed by atoms with van der Waals surface area (Å²) < 4.78 is 0. The van der Waals surface area contributed by atoms with Crippen molar-refractivity contribution in [3.63, 3.8) is 0 Å². The molecule has 1 saturated heterocycles. The van der Waals surface area contributed by atoms with Crippen molar-refractivity contribution in [2.24, 2.45) is 15.6 Å². The lowest BCUT2D eigenvalue weighted by atomic mass is 9.91. The van der Waals surface area contributed by atoms with E-state index in [1.54, 1.807) is 12.1 Å². The lowest BCUT2D eigenvalue weighted by molar-refractivity contribution is -0.122. The number of anilines is 1. The van der Waals surface area contributed by atoms with Crippen LogP contribution in [0.2, 0.25) is 0 Å². The van der Waals surface area contributed by atoms with E-state index in [9.17, 15) is 9.59 Å². The van der Waals surface area contributed by atoms with Crippen LogP contribution in [0.15, 0.2) is 40.5 Å². The number of hydrogen-bond donors (Lipinski definition) is 2. The number of nitrogens with zero attached hydrogens (tertiary/aromatic N) is 2. The maximum absolute atomic E-state index is 12.0. The fourth-order valence-corrected chi connectivity index (χ4v) is 2.68. The molecule has 2 N–H and O–H groups in total. The summed E-state index contributed by atoms with van der Waals surface area (Å²) in [6.45, 7) is 8.03. The smallest absolute Gasteiger partial charge is 0.240 e. The van der Waals surface area contributed by atoms with Gasteiger partial charge in [-0.05, 0) is 19.1 Å². The number of amides is 2. The van der Waals surface area contributed by atoms with Crippen LogP contribution in [0.1, 0.15) is 34.1 Å². The molecule has 1 heterocycles. The van der Waals surface area contributed by atoms with Crippen molar-refractivity contribution in [2.45, 2.75) is 39.4 Å². The quantitative estimate of drug-likeness (QED) is 0.649. The van der Waals surface area contributed by atoms with Crippen LogP contribution in [0.4, 0.5) is 5.69 Å². The highest BCUT2D eigenvalue weighted by molar-refractivity contribution is 8.15. The summed E-state index contributed by atoms with van der Waals surface area (Å²) in [5, 5.41) is 13.6. The number of para-hydroxylation sites is 1. The number of benzene rings is 1. The minimum absolute atomic E-state index is 0.0771. The zero-order valence-electron chi connectivity index (χ0n) is 14.3. The van der Waals surface area contributed by atoms with Gasteiger partial charge < -0.3 is 10.6 Å². The molecule has 1 unspecified atom stereocenters. The summed E-state index contributed by atoms with van der Waals surface area (Å²) in [6, 6.07) is 9.16. The number of amidine groups is 1. The maximum atomic E-state index is 12.0. The Morgan fingerprint density at radius 1 is 1.29 bits per heavy atom. The van der Waals surface area contributed by atoms with Gasteiger partial charge in [-0.3, -0.25) is 9.59 Å². The van der Waals surface area contributed by atoms with Crippen molar-refractivity contribution in [3.8, 4) is 0 Å². The van der Waals surface area contributed by atoms with E-state index < -0.39 is 5.25 Å². The third-order valence-electron chi connectivity index (χ3n) is 3.58. The molecule has 6 nitrogen and oxygen atoms in total.